The van der Waals surface area contributed by atoms with Crippen molar-refractivity contribution < 1.29 is 9.59 Å². The van der Waals surface area contributed by atoms with Gasteiger partial charge < -0.3 is 0 Å². The van der Waals surface area contributed by atoms with Gasteiger partial charge in [0.15, 0.2) is 5.78 Å². The molecule has 0 fully saturated rings. The summed E-state index contributed by atoms with van der Waals surface area (Å²) in [6, 6.07) is 7.95. The number of carbonyl (C=O) groups excluding carboxylic acids is 2. The van der Waals surface area contributed by atoms with Gasteiger partial charge in [0.25, 0.3) is 0 Å². The molecule has 1 aromatic rings. The molecular weight excluding hydrogens is 388 g/mol. The molecule has 176 valence electrons. The summed E-state index contributed by atoms with van der Waals surface area (Å²) in [5.41, 5.74) is 1.25. The van der Waals surface area contributed by atoms with E-state index in [-0.39, 0.29) is 29.4 Å². The molecule has 1 aliphatic carbocycles. The molecule has 0 aliphatic heterocycles. The molecule has 0 saturated carbocycles. The molecule has 31 heavy (non-hydrogen) atoms. The third-order valence-electron chi connectivity index (χ3n) is 7.42. The summed E-state index contributed by atoms with van der Waals surface area (Å²) in [5.74, 6) is 0.443. The van der Waals surface area contributed by atoms with Gasteiger partial charge in [-0.1, -0.05) is 24.3 Å². The molecule has 0 radical (unpaired) electrons. The van der Waals surface area contributed by atoms with Crippen LogP contribution in [0.1, 0.15) is 57.5 Å². The van der Waals surface area contributed by atoms with Crippen molar-refractivity contribution in [2.24, 2.45) is 0 Å². The summed E-state index contributed by atoms with van der Waals surface area (Å²) in [6.07, 6.45) is 1.30. The summed E-state index contributed by atoms with van der Waals surface area (Å²) < 4.78 is 0. The molecule has 0 N–H and O–H groups in total. The van der Waals surface area contributed by atoms with Crippen molar-refractivity contribution >= 4 is 11.6 Å². The van der Waals surface area contributed by atoms with E-state index in [0.717, 1.165) is 12.0 Å². The third-order valence-corrected chi connectivity index (χ3v) is 7.42. The highest BCUT2D eigenvalue weighted by atomic mass is 16.1. The maximum Gasteiger partial charge on any atom is 0.183 e. The minimum atomic E-state index is -0.423. The van der Waals surface area contributed by atoms with Crippen molar-refractivity contribution in [3.63, 3.8) is 0 Å². The summed E-state index contributed by atoms with van der Waals surface area (Å²) >= 11 is 0. The molecule has 6 nitrogen and oxygen atoms in total. The summed E-state index contributed by atoms with van der Waals surface area (Å²) in [4.78, 5) is 32.5. The van der Waals surface area contributed by atoms with Crippen molar-refractivity contribution in [1.82, 2.24) is 19.6 Å². The van der Waals surface area contributed by atoms with E-state index in [0.29, 0.717) is 0 Å². The lowest BCUT2D eigenvalue weighted by atomic mass is 9.94. The molecule has 0 heterocycles. The van der Waals surface area contributed by atoms with Gasteiger partial charge in [-0.15, -0.1) is 0 Å². The van der Waals surface area contributed by atoms with Crippen LogP contribution in [0.15, 0.2) is 24.3 Å². The predicted molar refractivity (Wildman–Crippen MR) is 129 cm³/mol. The molecule has 1 aromatic carbocycles. The van der Waals surface area contributed by atoms with Gasteiger partial charge in [-0.2, -0.15) is 0 Å². The Morgan fingerprint density at radius 3 is 1.87 bits per heavy atom. The number of likely N-dealkylation sites (N-methyl/N-ethyl adjacent to an activating group) is 2. The lowest BCUT2D eigenvalue weighted by Gasteiger charge is -2.41. The van der Waals surface area contributed by atoms with Crippen LogP contribution >= 0.6 is 0 Å². The van der Waals surface area contributed by atoms with E-state index in [1.807, 2.05) is 74.3 Å². The fourth-order valence-corrected chi connectivity index (χ4v) is 3.74. The molecule has 0 spiro atoms. The Morgan fingerprint density at radius 1 is 0.968 bits per heavy atom. The fourth-order valence-electron chi connectivity index (χ4n) is 3.74. The van der Waals surface area contributed by atoms with Crippen molar-refractivity contribution in [3.8, 4) is 0 Å². The Balaban J connectivity index is 0.000000330. The quantitative estimate of drug-likeness (QED) is 0.617. The van der Waals surface area contributed by atoms with E-state index in [4.69, 9.17) is 0 Å². The van der Waals surface area contributed by atoms with Crippen LogP contribution in [-0.4, -0.2) is 96.9 Å². The first-order valence-electron chi connectivity index (χ1n) is 11.0. The van der Waals surface area contributed by atoms with Crippen LogP contribution in [0.4, 0.5) is 0 Å². The van der Waals surface area contributed by atoms with Gasteiger partial charge in [0, 0.05) is 5.56 Å². The zero-order valence-corrected chi connectivity index (χ0v) is 21.8. The van der Waals surface area contributed by atoms with Gasteiger partial charge in [0.05, 0.1) is 23.4 Å². The van der Waals surface area contributed by atoms with Gasteiger partial charge >= 0.3 is 0 Å². The number of ketones is 2. The second-order valence-corrected chi connectivity index (χ2v) is 9.96. The van der Waals surface area contributed by atoms with E-state index >= 15 is 0 Å². The maximum absolute atomic E-state index is 12.6. The molecule has 0 saturated heterocycles. The van der Waals surface area contributed by atoms with Crippen LogP contribution < -0.4 is 0 Å². The number of Topliss-reactive ketones (excluding diaryl/α,β-unsaturated/α-hetero) is 2. The molecule has 0 bridgehead atoms. The number of carbonyl (C=O) groups is 2. The van der Waals surface area contributed by atoms with Crippen LogP contribution in [0.25, 0.3) is 0 Å². The van der Waals surface area contributed by atoms with Gasteiger partial charge in [0.1, 0.15) is 5.78 Å². The largest absolute Gasteiger partial charge is 0.298 e. The van der Waals surface area contributed by atoms with Gasteiger partial charge in [-0.25, -0.2) is 0 Å². The number of fused-ring (bicyclic) bond motifs is 1. The normalized spacial score (nSPS) is 20.7. The first kappa shape index (κ1) is 27.4. The minimum absolute atomic E-state index is 0.198. The molecule has 1 aliphatic rings. The van der Waals surface area contributed by atoms with Crippen LogP contribution in [0, 0.1) is 0 Å². The first-order valence-corrected chi connectivity index (χ1v) is 11.0. The monoisotopic (exact) mass is 432 g/mol. The van der Waals surface area contributed by atoms with E-state index in [2.05, 4.69) is 46.4 Å². The van der Waals surface area contributed by atoms with Crippen LogP contribution in [-0.2, 0) is 11.2 Å². The number of benzene rings is 1. The van der Waals surface area contributed by atoms with Gasteiger partial charge in [-0.3, -0.25) is 29.2 Å². The predicted octanol–water partition coefficient (Wildman–Crippen LogP) is 3.22. The van der Waals surface area contributed by atoms with Crippen molar-refractivity contribution in [1.29, 1.82) is 0 Å². The van der Waals surface area contributed by atoms with E-state index in [1.165, 1.54) is 5.56 Å². The van der Waals surface area contributed by atoms with Gasteiger partial charge in [0.2, 0.25) is 0 Å². The molecule has 2 rings (SSSR count). The first-order chi connectivity index (χ1) is 14.1. The third kappa shape index (κ3) is 5.80. The Kier molecular flexibility index (Phi) is 9.15. The number of hydrogen-bond acceptors (Lipinski definition) is 6. The summed E-state index contributed by atoms with van der Waals surface area (Å²) in [7, 11) is 12.1. The average molecular weight is 433 g/mol. The van der Waals surface area contributed by atoms with Crippen LogP contribution in [0.2, 0.25) is 0 Å². The molecular formula is C25H44N4O2. The maximum atomic E-state index is 12.6. The standard InChI is InChI=1S/C15H22N2O.C10H22N2O/c1-11(16(3)4)17(5)15(2)10-12-8-6-7-9-13(12)14(15)18;1-8(13)10(3,4)12(7)9(2)11(5)6/h6-9,11H,10H2,1-5H3;9H,1-7H3. The van der Waals surface area contributed by atoms with Crippen molar-refractivity contribution in [2.45, 2.75) is 71.4 Å². The second-order valence-electron chi connectivity index (χ2n) is 9.96. The molecule has 6 heteroatoms. The highest BCUT2D eigenvalue weighted by Crippen LogP contribution is 2.34. The molecule has 3 unspecified atom stereocenters. The second kappa shape index (κ2) is 10.3. The zero-order valence-electron chi connectivity index (χ0n) is 21.8. The Labute approximate surface area is 190 Å². The van der Waals surface area contributed by atoms with E-state index < -0.39 is 5.54 Å². The fraction of sp³-hybridized carbons (Fsp3) is 0.680. The average Bonchev–Trinajstić information content (AvgIpc) is 2.97. The lowest BCUT2D eigenvalue weighted by Crippen LogP contribution is -2.56. The zero-order chi connectivity index (χ0) is 24.3. The molecule has 0 amide bonds. The van der Waals surface area contributed by atoms with Crippen molar-refractivity contribution in [3.05, 3.63) is 35.4 Å². The van der Waals surface area contributed by atoms with Crippen LogP contribution in [0.3, 0.4) is 0 Å². The number of hydrogen-bond donors (Lipinski definition) is 0. The van der Waals surface area contributed by atoms with E-state index in [9.17, 15) is 9.59 Å². The highest BCUT2D eigenvalue weighted by molar-refractivity contribution is 6.07. The molecule has 0 aromatic heterocycles. The van der Waals surface area contributed by atoms with E-state index in [1.54, 1.807) is 6.92 Å². The SMILES string of the molecule is CC(=O)C(C)(C)N(C)C(C)N(C)C.CC(N(C)C)N(C)C1(C)Cc2ccccc2C1=O. The summed E-state index contributed by atoms with van der Waals surface area (Å²) in [5, 5.41) is 0. The number of rotatable bonds is 7. The lowest BCUT2D eigenvalue weighted by molar-refractivity contribution is -0.129. The Morgan fingerprint density at radius 2 is 1.45 bits per heavy atom. The van der Waals surface area contributed by atoms with Crippen LogP contribution in [0.5, 0.6) is 0 Å². The minimum Gasteiger partial charge on any atom is -0.298 e. The smallest absolute Gasteiger partial charge is 0.183 e. The highest BCUT2D eigenvalue weighted by Gasteiger charge is 2.46. The molecule has 3 atom stereocenters. The van der Waals surface area contributed by atoms with Gasteiger partial charge in [-0.05, 0) is 95.8 Å². The number of nitrogens with zero attached hydrogens (tertiary/aromatic N) is 4. The summed E-state index contributed by atoms with van der Waals surface area (Å²) in [6.45, 7) is 11.8. The Hall–Kier alpha value is -1.60. The topological polar surface area (TPSA) is 47.1 Å². The van der Waals surface area contributed by atoms with Crippen molar-refractivity contribution in [2.75, 3.05) is 42.3 Å². The Bertz CT molecular complexity index is 775.